The Kier molecular flexibility index (Phi) is 6.06. The smallest absolute Gasteiger partial charge is 0.258 e. The van der Waals surface area contributed by atoms with Crippen molar-refractivity contribution in [3.05, 3.63) is 28.2 Å². The topological polar surface area (TPSA) is 64.3 Å². The minimum absolute atomic E-state index is 0.0344. The van der Waals surface area contributed by atoms with E-state index in [2.05, 4.69) is 21.2 Å². The zero-order valence-electron chi connectivity index (χ0n) is 12.4. The van der Waals surface area contributed by atoms with E-state index in [1.165, 1.54) is 19.3 Å². The summed E-state index contributed by atoms with van der Waals surface area (Å²) in [6.07, 6.45) is 5.83. The molecule has 0 saturated heterocycles. The Morgan fingerprint density at radius 2 is 2.14 bits per heavy atom. The molecular weight excluding hydrogens is 332 g/mol. The van der Waals surface area contributed by atoms with Crippen LogP contribution >= 0.6 is 15.9 Å². The number of carbonyl (C=O) groups excluding carboxylic acids is 1. The molecule has 1 saturated carbocycles. The molecule has 0 aromatic heterocycles. The van der Waals surface area contributed by atoms with Crippen molar-refractivity contribution in [2.45, 2.75) is 51.1 Å². The third-order valence-corrected chi connectivity index (χ3v) is 4.29. The fourth-order valence-electron chi connectivity index (χ4n) is 2.67. The van der Waals surface area contributed by atoms with E-state index in [4.69, 9.17) is 10.5 Å². The number of benzene rings is 1. The Bertz CT molecular complexity index is 485. The maximum atomic E-state index is 12.0. The van der Waals surface area contributed by atoms with Crippen LogP contribution in [-0.2, 0) is 4.79 Å². The summed E-state index contributed by atoms with van der Waals surface area (Å²) in [6.45, 7) is 1.94. The average molecular weight is 355 g/mol. The molecule has 0 spiro atoms. The van der Waals surface area contributed by atoms with E-state index in [1.807, 2.05) is 25.1 Å². The van der Waals surface area contributed by atoms with Crippen LogP contribution in [0.4, 0.5) is 0 Å². The molecule has 1 aromatic rings. The number of rotatable bonds is 5. The van der Waals surface area contributed by atoms with Crippen molar-refractivity contribution < 1.29 is 9.53 Å². The van der Waals surface area contributed by atoms with Crippen LogP contribution < -0.4 is 15.8 Å². The van der Waals surface area contributed by atoms with Crippen molar-refractivity contribution in [2.75, 3.05) is 6.61 Å². The van der Waals surface area contributed by atoms with Crippen molar-refractivity contribution >= 4 is 21.8 Å². The highest BCUT2D eigenvalue weighted by Crippen LogP contribution is 2.27. The largest absolute Gasteiger partial charge is 0.483 e. The molecule has 0 radical (unpaired) electrons. The lowest BCUT2D eigenvalue weighted by atomic mass is 9.95. The molecule has 0 heterocycles. The second-order valence-corrected chi connectivity index (χ2v) is 6.58. The van der Waals surface area contributed by atoms with Crippen molar-refractivity contribution in [1.29, 1.82) is 0 Å². The first-order valence-corrected chi connectivity index (χ1v) is 8.33. The summed E-state index contributed by atoms with van der Waals surface area (Å²) in [6, 6.07) is 5.88. The highest BCUT2D eigenvalue weighted by atomic mass is 79.9. The molecule has 1 fully saturated rings. The summed E-state index contributed by atoms with van der Waals surface area (Å²) < 4.78 is 6.57. The predicted molar refractivity (Wildman–Crippen MR) is 87.3 cm³/mol. The van der Waals surface area contributed by atoms with Crippen LogP contribution in [0.15, 0.2) is 22.7 Å². The van der Waals surface area contributed by atoms with Gasteiger partial charge in [0, 0.05) is 22.1 Å². The maximum Gasteiger partial charge on any atom is 0.258 e. The average Bonchev–Trinajstić information content (AvgIpc) is 2.46. The molecule has 1 aromatic carbocycles. The van der Waals surface area contributed by atoms with Crippen LogP contribution in [0.5, 0.6) is 5.75 Å². The van der Waals surface area contributed by atoms with Gasteiger partial charge < -0.3 is 15.8 Å². The molecule has 4 nitrogen and oxygen atoms in total. The molecule has 1 aliphatic rings. The van der Waals surface area contributed by atoms with E-state index < -0.39 is 0 Å². The lowest BCUT2D eigenvalue weighted by molar-refractivity contribution is -0.124. The molecule has 116 valence electrons. The summed E-state index contributed by atoms with van der Waals surface area (Å²) in [7, 11) is 0. The Morgan fingerprint density at radius 3 is 2.81 bits per heavy atom. The number of amides is 1. The molecule has 3 N–H and O–H groups in total. The monoisotopic (exact) mass is 354 g/mol. The third kappa shape index (κ3) is 5.00. The first-order chi connectivity index (χ1) is 10.1. The van der Waals surface area contributed by atoms with Crippen LogP contribution in [0.25, 0.3) is 0 Å². The zero-order chi connectivity index (χ0) is 15.2. The van der Waals surface area contributed by atoms with E-state index in [1.54, 1.807) is 0 Å². The molecule has 5 heteroatoms. The van der Waals surface area contributed by atoms with E-state index in [0.717, 1.165) is 22.9 Å². The van der Waals surface area contributed by atoms with Crippen LogP contribution in [0, 0.1) is 0 Å². The highest BCUT2D eigenvalue weighted by Gasteiger charge is 2.16. The van der Waals surface area contributed by atoms with Gasteiger partial charge in [-0.05, 0) is 31.9 Å². The quantitative estimate of drug-likeness (QED) is 0.852. The minimum Gasteiger partial charge on any atom is -0.483 e. The molecule has 2 rings (SSSR count). The van der Waals surface area contributed by atoms with Gasteiger partial charge in [-0.15, -0.1) is 0 Å². The van der Waals surface area contributed by atoms with Gasteiger partial charge in [-0.1, -0.05) is 41.3 Å². The number of hydrogen-bond acceptors (Lipinski definition) is 3. The van der Waals surface area contributed by atoms with Gasteiger partial charge in [0.15, 0.2) is 6.61 Å². The van der Waals surface area contributed by atoms with Gasteiger partial charge in [0.05, 0.1) is 0 Å². The summed E-state index contributed by atoms with van der Waals surface area (Å²) >= 11 is 3.41. The molecular formula is C16H23BrN2O2. The third-order valence-electron chi connectivity index (χ3n) is 3.80. The number of hydrogen-bond donors (Lipinski definition) is 2. The number of halogens is 1. The van der Waals surface area contributed by atoms with Gasteiger partial charge in [0.25, 0.3) is 5.91 Å². The van der Waals surface area contributed by atoms with Crippen molar-refractivity contribution in [2.24, 2.45) is 5.73 Å². The standard InChI is InChI=1S/C16H23BrN2O2/c1-11(18)14-8-7-12(17)9-15(14)21-10-16(20)19-13-5-3-2-4-6-13/h7-9,11,13H,2-6,10,18H2,1H3,(H,19,20)/t11-/m1/s1. The minimum atomic E-state index is -0.130. The van der Waals surface area contributed by atoms with Crippen LogP contribution in [0.2, 0.25) is 0 Å². The first kappa shape index (κ1) is 16.3. The summed E-state index contributed by atoms with van der Waals surface area (Å²) in [4.78, 5) is 12.0. The van der Waals surface area contributed by atoms with E-state index in [9.17, 15) is 4.79 Å². The Hall–Kier alpha value is -1.07. The van der Waals surface area contributed by atoms with Gasteiger partial charge >= 0.3 is 0 Å². The fraction of sp³-hybridized carbons (Fsp3) is 0.562. The van der Waals surface area contributed by atoms with Crippen LogP contribution in [-0.4, -0.2) is 18.6 Å². The Labute approximate surface area is 134 Å². The van der Waals surface area contributed by atoms with E-state index >= 15 is 0 Å². The van der Waals surface area contributed by atoms with Crippen molar-refractivity contribution in [3.8, 4) is 5.75 Å². The van der Waals surface area contributed by atoms with Gasteiger partial charge in [-0.2, -0.15) is 0 Å². The SMILES string of the molecule is C[C@@H](N)c1ccc(Br)cc1OCC(=O)NC1CCCCC1. The molecule has 1 aliphatic carbocycles. The second-order valence-electron chi connectivity index (χ2n) is 5.66. The summed E-state index contributed by atoms with van der Waals surface area (Å²) in [5.74, 6) is 0.607. The lowest BCUT2D eigenvalue weighted by Gasteiger charge is -2.23. The predicted octanol–water partition coefficient (Wildman–Crippen LogP) is 3.30. The fourth-order valence-corrected chi connectivity index (χ4v) is 3.01. The Balaban J connectivity index is 1.89. The highest BCUT2D eigenvalue weighted by molar-refractivity contribution is 9.10. The maximum absolute atomic E-state index is 12.0. The van der Waals surface area contributed by atoms with Crippen LogP contribution in [0.1, 0.15) is 50.6 Å². The molecule has 21 heavy (non-hydrogen) atoms. The number of nitrogens with one attached hydrogen (secondary N) is 1. The molecule has 0 bridgehead atoms. The van der Waals surface area contributed by atoms with Gasteiger partial charge in [0.1, 0.15) is 5.75 Å². The van der Waals surface area contributed by atoms with Crippen molar-refractivity contribution in [1.82, 2.24) is 5.32 Å². The Morgan fingerprint density at radius 1 is 1.43 bits per heavy atom. The van der Waals surface area contributed by atoms with E-state index in [0.29, 0.717) is 11.8 Å². The molecule has 1 amide bonds. The number of carbonyl (C=O) groups is 1. The molecule has 0 unspecified atom stereocenters. The molecule has 0 aliphatic heterocycles. The second kappa shape index (κ2) is 7.80. The first-order valence-electron chi connectivity index (χ1n) is 7.53. The summed E-state index contributed by atoms with van der Waals surface area (Å²) in [5.41, 5.74) is 6.83. The van der Waals surface area contributed by atoms with E-state index in [-0.39, 0.29) is 18.6 Å². The summed E-state index contributed by atoms with van der Waals surface area (Å²) in [5, 5.41) is 3.05. The van der Waals surface area contributed by atoms with Gasteiger partial charge in [-0.3, -0.25) is 4.79 Å². The lowest BCUT2D eigenvalue weighted by Crippen LogP contribution is -2.39. The number of nitrogens with two attached hydrogens (primary N) is 1. The number of ether oxygens (including phenoxy) is 1. The normalized spacial score (nSPS) is 17.3. The molecule has 1 atom stereocenters. The van der Waals surface area contributed by atoms with Gasteiger partial charge in [0.2, 0.25) is 0 Å². The zero-order valence-corrected chi connectivity index (χ0v) is 14.0. The van der Waals surface area contributed by atoms with Crippen molar-refractivity contribution in [3.63, 3.8) is 0 Å². The van der Waals surface area contributed by atoms with Crippen LogP contribution in [0.3, 0.4) is 0 Å². The van der Waals surface area contributed by atoms with Gasteiger partial charge in [-0.25, -0.2) is 0 Å².